The predicted molar refractivity (Wildman–Crippen MR) is 188 cm³/mol. The molecule has 0 bridgehead atoms. The van der Waals surface area contributed by atoms with E-state index < -0.39 is 127 Å². The number of rotatable bonds is 25. The summed E-state index contributed by atoms with van der Waals surface area (Å²) in [5, 5.41) is 38.5. The highest BCUT2D eigenvalue weighted by Crippen LogP contribution is 2.25. The maximum Gasteiger partial charge on any atom is 0.348 e. The second-order valence-corrected chi connectivity index (χ2v) is 13.8. The van der Waals surface area contributed by atoms with Gasteiger partial charge in [-0.1, -0.05) is 69.2 Å². The van der Waals surface area contributed by atoms with Crippen LogP contribution in [-0.2, 0) is 57.2 Å². The van der Waals surface area contributed by atoms with Gasteiger partial charge in [-0.3, -0.25) is 4.79 Å². The van der Waals surface area contributed by atoms with Gasteiger partial charge in [-0.15, -0.1) is 0 Å². The van der Waals surface area contributed by atoms with E-state index in [1.54, 1.807) is 69.2 Å². The number of carbonyl (C=O) groups is 6. The molecule has 0 unspecified atom stereocenters. The van der Waals surface area contributed by atoms with Crippen molar-refractivity contribution in [2.24, 2.45) is 29.6 Å². The molecule has 16 heteroatoms. The average Bonchev–Trinajstić information content (AvgIpc) is 3.14. The first kappa shape index (κ1) is 49.7. The molecule has 0 amide bonds. The topological polar surface area (TPSA) is 239 Å². The van der Waals surface area contributed by atoms with E-state index in [9.17, 15) is 44.1 Å². The molecule has 53 heavy (non-hydrogen) atoms. The fraction of sp³-hybridized carbons (Fsp3) is 0.838. The van der Waals surface area contributed by atoms with Crippen molar-refractivity contribution in [3.8, 4) is 0 Å². The van der Waals surface area contributed by atoms with Crippen molar-refractivity contribution in [2.75, 3.05) is 13.2 Å². The van der Waals surface area contributed by atoms with Crippen LogP contribution in [-0.4, -0.2) is 118 Å². The van der Waals surface area contributed by atoms with Gasteiger partial charge in [0.2, 0.25) is 30.5 Å². The summed E-state index contributed by atoms with van der Waals surface area (Å²) in [4.78, 5) is 78.9. The van der Waals surface area contributed by atoms with Gasteiger partial charge < -0.3 is 48.8 Å². The molecule has 4 N–H and O–H groups in total. The maximum atomic E-state index is 13.7. The molecule has 308 valence electrons. The fourth-order valence-corrected chi connectivity index (χ4v) is 4.71. The lowest BCUT2D eigenvalue weighted by molar-refractivity contribution is -0.197. The Morgan fingerprint density at radius 2 is 0.717 bits per heavy atom. The third-order valence-electron chi connectivity index (χ3n) is 9.60. The van der Waals surface area contributed by atoms with E-state index in [4.69, 9.17) is 33.5 Å². The zero-order valence-electron chi connectivity index (χ0n) is 33.1. The second kappa shape index (κ2) is 24.9. The molecular weight excluding hydrogens is 700 g/mol. The van der Waals surface area contributed by atoms with Gasteiger partial charge in [0.15, 0.2) is 0 Å². The molecule has 0 aliphatic heterocycles. The third-order valence-corrected chi connectivity index (χ3v) is 9.60. The van der Waals surface area contributed by atoms with Crippen LogP contribution in [0.5, 0.6) is 0 Å². The molecule has 0 saturated carbocycles. The van der Waals surface area contributed by atoms with Crippen LogP contribution in [0.1, 0.15) is 108 Å². The molecule has 13 atom stereocenters. The number of aliphatic hydroxyl groups excluding tert-OH is 4. The summed E-state index contributed by atoms with van der Waals surface area (Å²) in [6.45, 7) is 16.4. The van der Waals surface area contributed by atoms with Gasteiger partial charge in [-0.05, 0) is 32.1 Å². The lowest BCUT2D eigenvalue weighted by atomic mass is 9.98. The number of carbonyl (C=O) groups excluding carboxylic acids is 6. The standard InChI is InChI=1S/C37H64O16/c1-12-19(6)28(33(43)48-18-26(41)27(42)25(40)17-38)50-35(45)30(21(8)14-3)52-37(47)32(23(10)16-5)53-36(46)31(22(9)15-4)51-34(44)29(20(7)13-2)49-24(11)39/h19-23,25-32,38,40-42H,12-18H2,1-11H3/t19-,20+,21-,22+,23-,25-,26+,27-,28+,29+,30+,31+,32+/m1/s1. The normalized spacial score (nSPS) is 18.8. The van der Waals surface area contributed by atoms with Gasteiger partial charge in [-0.2, -0.15) is 0 Å². The minimum atomic E-state index is -1.82. The van der Waals surface area contributed by atoms with Crippen molar-refractivity contribution >= 4 is 35.8 Å². The number of esters is 6. The highest BCUT2D eigenvalue weighted by molar-refractivity contribution is 5.87. The quantitative estimate of drug-likeness (QED) is 0.0771. The van der Waals surface area contributed by atoms with E-state index >= 15 is 0 Å². The van der Waals surface area contributed by atoms with Crippen LogP contribution in [0.2, 0.25) is 0 Å². The summed E-state index contributed by atoms with van der Waals surface area (Å²) in [6, 6.07) is 0. The zero-order chi connectivity index (χ0) is 41.2. The van der Waals surface area contributed by atoms with Gasteiger partial charge in [0.05, 0.1) is 6.61 Å². The summed E-state index contributed by atoms with van der Waals surface area (Å²) in [5.41, 5.74) is 0. The first-order valence-corrected chi connectivity index (χ1v) is 18.6. The largest absolute Gasteiger partial charge is 0.460 e. The Kier molecular flexibility index (Phi) is 23.3. The van der Waals surface area contributed by atoms with Gasteiger partial charge in [0.1, 0.15) is 24.9 Å². The van der Waals surface area contributed by atoms with E-state index in [2.05, 4.69) is 0 Å². The van der Waals surface area contributed by atoms with Crippen molar-refractivity contribution < 1.29 is 77.6 Å². The highest BCUT2D eigenvalue weighted by atomic mass is 16.7. The molecule has 0 aromatic rings. The van der Waals surface area contributed by atoms with E-state index in [0.717, 1.165) is 6.92 Å². The SMILES string of the molecule is CC[C@@H](C)[C@H](OC(=O)[C@@H](OC(=O)[C@@H](OC(=O)[C@@H](OC(=O)[C@@H](OC(C)=O)[C@@H](C)CC)[C@@H](C)CC)[C@H](C)CC)[C@H](C)CC)C(=O)OC[C@H](O)[C@H](O)[C@H](O)CO. The fourth-order valence-electron chi connectivity index (χ4n) is 4.71. The smallest absolute Gasteiger partial charge is 0.348 e. The average molecular weight is 765 g/mol. The van der Waals surface area contributed by atoms with Crippen LogP contribution < -0.4 is 0 Å². The Hall–Kier alpha value is -3.34. The Morgan fingerprint density at radius 1 is 0.453 bits per heavy atom. The van der Waals surface area contributed by atoms with Gasteiger partial charge in [0.25, 0.3) is 0 Å². The molecule has 0 fully saturated rings. The Bertz CT molecular complexity index is 1160. The molecule has 16 nitrogen and oxygen atoms in total. The monoisotopic (exact) mass is 764 g/mol. The molecule has 0 heterocycles. The van der Waals surface area contributed by atoms with Crippen LogP contribution in [0.15, 0.2) is 0 Å². The number of hydrogen-bond donors (Lipinski definition) is 4. The summed E-state index contributed by atoms with van der Waals surface area (Å²) in [5.74, 6) is -8.81. The maximum absolute atomic E-state index is 13.7. The zero-order valence-corrected chi connectivity index (χ0v) is 33.1. The minimum absolute atomic E-state index is 0.322. The van der Waals surface area contributed by atoms with Crippen molar-refractivity contribution in [2.45, 2.75) is 157 Å². The first-order valence-electron chi connectivity index (χ1n) is 18.6. The van der Waals surface area contributed by atoms with Crippen molar-refractivity contribution in [1.29, 1.82) is 0 Å². The van der Waals surface area contributed by atoms with Crippen LogP contribution in [0, 0.1) is 29.6 Å². The lowest BCUT2D eigenvalue weighted by Crippen LogP contribution is -2.47. The third kappa shape index (κ3) is 15.9. The lowest BCUT2D eigenvalue weighted by Gasteiger charge is -2.30. The summed E-state index contributed by atoms with van der Waals surface area (Å²) >= 11 is 0. The van der Waals surface area contributed by atoms with E-state index in [0.29, 0.717) is 32.1 Å². The van der Waals surface area contributed by atoms with Crippen molar-refractivity contribution in [1.82, 2.24) is 0 Å². The van der Waals surface area contributed by atoms with Crippen LogP contribution in [0.3, 0.4) is 0 Å². The van der Waals surface area contributed by atoms with Crippen molar-refractivity contribution in [3.05, 3.63) is 0 Å². The van der Waals surface area contributed by atoms with Gasteiger partial charge in [-0.25, -0.2) is 24.0 Å². The Balaban J connectivity index is 6.28. The van der Waals surface area contributed by atoms with Crippen molar-refractivity contribution in [3.63, 3.8) is 0 Å². The summed E-state index contributed by atoms with van der Waals surface area (Å²) in [7, 11) is 0. The number of aliphatic hydroxyl groups is 4. The van der Waals surface area contributed by atoms with Crippen LogP contribution in [0.25, 0.3) is 0 Å². The first-order chi connectivity index (χ1) is 24.8. The molecule has 0 rings (SSSR count). The predicted octanol–water partition coefficient (Wildman–Crippen LogP) is 2.41. The number of hydrogen-bond acceptors (Lipinski definition) is 16. The molecule has 0 aromatic carbocycles. The molecule has 0 radical (unpaired) electrons. The molecule has 0 spiro atoms. The Labute approximate surface area is 313 Å². The summed E-state index contributed by atoms with van der Waals surface area (Å²) in [6.07, 6.45) is -10.8. The minimum Gasteiger partial charge on any atom is -0.460 e. The molecular formula is C37H64O16. The van der Waals surface area contributed by atoms with Gasteiger partial charge in [0, 0.05) is 36.5 Å². The molecule has 0 saturated heterocycles. The number of ether oxygens (including phenoxy) is 6. The molecule has 0 aliphatic rings. The van der Waals surface area contributed by atoms with E-state index in [1.807, 2.05) is 0 Å². The second-order valence-electron chi connectivity index (χ2n) is 13.8. The van der Waals surface area contributed by atoms with Crippen LogP contribution in [0.4, 0.5) is 0 Å². The summed E-state index contributed by atoms with van der Waals surface area (Å²) < 4.78 is 32.7. The highest BCUT2D eigenvalue weighted by Gasteiger charge is 2.42. The van der Waals surface area contributed by atoms with Crippen LogP contribution >= 0.6 is 0 Å². The van der Waals surface area contributed by atoms with E-state index in [-0.39, 0.29) is 0 Å². The molecule has 0 aromatic heterocycles. The van der Waals surface area contributed by atoms with E-state index in [1.165, 1.54) is 0 Å². The van der Waals surface area contributed by atoms with Gasteiger partial charge >= 0.3 is 35.8 Å². The Morgan fingerprint density at radius 3 is 0.962 bits per heavy atom. The molecule has 0 aliphatic carbocycles.